The van der Waals surface area contributed by atoms with Crippen LogP contribution in [0, 0.1) is 12.7 Å². The van der Waals surface area contributed by atoms with Crippen molar-refractivity contribution in [2.45, 2.75) is 20.0 Å². The lowest BCUT2D eigenvalue weighted by Gasteiger charge is -2.08. The highest BCUT2D eigenvalue weighted by Gasteiger charge is 2.02. The van der Waals surface area contributed by atoms with Gasteiger partial charge in [-0.05, 0) is 30.2 Å². The van der Waals surface area contributed by atoms with Crippen LogP contribution in [0.5, 0.6) is 0 Å². The van der Waals surface area contributed by atoms with Crippen LogP contribution in [0.2, 0.25) is 0 Å². The molecule has 2 N–H and O–H groups in total. The standard InChI is InChI=1S/C18H18FN5/c1-13-3-2-4-15(9-13)11-20-17-12-22-24-18(23-17)21-10-14-5-7-16(19)8-6-14/h2-9,12H,10-11H2,1H3,(H2,20,21,23,24). The number of nitrogens with zero attached hydrogens (tertiary/aromatic N) is 3. The summed E-state index contributed by atoms with van der Waals surface area (Å²) < 4.78 is 12.9. The topological polar surface area (TPSA) is 62.7 Å². The molecule has 3 aromatic rings. The average Bonchev–Trinajstić information content (AvgIpc) is 2.60. The van der Waals surface area contributed by atoms with Gasteiger partial charge in [-0.3, -0.25) is 0 Å². The Morgan fingerprint density at radius 1 is 0.958 bits per heavy atom. The zero-order valence-corrected chi connectivity index (χ0v) is 13.3. The number of hydrogen-bond donors (Lipinski definition) is 2. The van der Waals surface area contributed by atoms with Gasteiger partial charge in [0.2, 0.25) is 5.95 Å². The fraction of sp³-hybridized carbons (Fsp3) is 0.167. The summed E-state index contributed by atoms with van der Waals surface area (Å²) in [4.78, 5) is 4.37. The number of aryl methyl sites for hydroxylation is 1. The second kappa shape index (κ2) is 7.50. The Morgan fingerprint density at radius 2 is 1.75 bits per heavy atom. The molecule has 24 heavy (non-hydrogen) atoms. The van der Waals surface area contributed by atoms with E-state index >= 15 is 0 Å². The van der Waals surface area contributed by atoms with Crippen LogP contribution in [0.4, 0.5) is 16.2 Å². The van der Waals surface area contributed by atoms with Gasteiger partial charge in [-0.15, -0.1) is 5.10 Å². The summed E-state index contributed by atoms with van der Waals surface area (Å²) in [5.74, 6) is 0.820. The molecule has 2 aromatic carbocycles. The third-order valence-corrected chi connectivity index (χ3v) is 3.48. The Hall–Kier alpha value is -3.02. The average molecular weight is 323 g/mol. The quantitative estimate of drug-likeness (QED) is 0.726. The molecule has 0 spiro atoms. The van der Waals surface area contributed by atoms with Crippen molar-refractivity contribution in [2.75, 3.05) is 10.6 Å². The fourth-order valence-electron chi connectivity index (χ4n) is 2.26. The maximum absolute atomic E-state index is 12.9. The van der Waals surface area contributed by atoms with Crippen LogP contribution in [-0.4, -0.2) is 15.2 Å². The van der Waals surface area contributed by atoms with Crippen molar-refractivity contribution >= 4 is 11.8 Å². The fourth-order valence-corrected chi connectivity index (χ4v) is 2.26. The van der Waals surface area contributed by atoms with E-state index in [1.165, 1.54) is 23.3 Å². The molecule has 0 saturated carbocycles. The predicted molar refractivity (Wildman–Crippen MR) is 92.1 cm³/mol. The molecule has 1 aromatic heterocycles. The number of halogens is 1. The van der Waals surface area contributed by atoms with E-state index in [1.54, 1.807) is 18.3 Å². The van der Waals surface area contributed by atoms with E-state index in [2.05, 4.69) is 50.9 Å². The van der Waals surface area contributed by atoms with E-state index < -0.39 is 0 Å². The van der Waals surface area contributed by atoms with Gasteiger partial charge in [0.15, 0.2) is 5.82 Å². The summed E-state index contributed by atoms with van der Waals surface area (Å²) in [6.45, 7) is 3.23. The molecule has 0 aliphatic carbocycles. The molecule has 5 nitrogen and oxygen atoms in total. The summed E-state index contributed by atoms with van der Waals surface area (Å²) in [6.07, 6.45) is 1.58. The molecule has 0 saturated heterocycles. The van der Waals surface area contributed by atoms with Crippen LogP contribution in [0.15, 0.2) is 54.7 Å². The minimum Gasteiger partial charge on any atom is -0.365 e. The van der Waals surface area contributed by atoms with Crippen molar-refractivity contribution in [3.05, 3.63) is 77.2 Å². The first-order valence-electron chi connectivity index (χ1n) is 7.66. The molecule has 0 aliphatic heterocycles. The maximum atomic E-state index is 12.9. The molecule has 0 fully saturated rings. The molecule has 0 atom stereocenters. The normalized spacial score (nSPS) is 10.4. The number of nitrogens with one attached hydrogen (secondary N) is 2. The lowest BCUT2D eigenvalue weighted by Crippen LogP contribution is -2.08. The third kappa shape index (κ3) is 4.49. The van der Waals surface area contributed by atoms with Crippen LogP contribution in [-0.2, 0) is 13.1 Å². The van der Waals surface area contributed by atoms with Crippen molar-refractivity contribution < 1.29 is 4.39 Å². The summed E-state index contributed by atoms with van der Waals surface area (Å²) >= 11 is 0. The zero-order chi connectivity index (χ0) is 16.8. The van der Waals surface area contributed by atoms with Gasteiger partial charge < -0.3 is 10.6 Å². The summed E-state index contributed by atoms with van der Waals surface area (Å²) in [5, 5.41) is 14.2. The van der Waals surface area contributed by atoms with Crippen molar-refractivity contribution in [3.8, 4) is 0 Å². The highest BCUT2D eigenvalue weighted by Crippen LogP contribution is 2.10. The first-order valence-corrected chi connectivity index (χ1v) is 7.66. The zero-order valence-electron chi connectivity index (χ0n) is 13.3. The lowest BCUT2D eigenvalue weighted by atomic mass is 10.1. The first-order chi connectivity index (χ1) is 11.7. The van der Waals surface area contributed by atoms with E-state index in [4.69, 9.17) is 0 Å². The number of anilines is 2. The third-order valence-electron chi connectivity index (χ3n) is 3.48. The van der Waals surface area contributed by atoms with Crippen LogP contribution in [0.3, 0.4) is 0 Å². The predicted octanol–water partition coefficient (Wildman–Crippen LogP) is 3.54. The highest BCUT2D eigenvalue weighted by atomic mass is 19.1. The molecule has 0 bridgehead atoms. The van der Waals surface area contributed by atoms with Crippen molar-refractivity contribution in [1.82, 2.24) is 15.2 Å². The van der Waals surface area contributed by atoms with Crippen molar-refractivity contribution in [3.63, 3.8) is 0 Å². The molecule has 0 amide bonds. The van der Waals surface area contributed by atoms with Gasteiger partial charge >= 0.3 is 0 Å². The first kappa shape index (κ1) is 15.9. The maximum Gasteiger partial charge on any atom is 0.244 e. The Balaban J connectivity index is 1.58. The number of rotatable bonds is 6. The molecule has 1 heterocycles. The number of benzene rings is 2. The van der Waals surface area contributed by atoms with Gasteiger partial charge in [-0.1, -0.05) is 42.0 Å². The van der Waals surface area contributed by atoms with Gasteiger partial charge in [-0.25, -0.2) is 4.39 Å². The molecule has 0 unspecified atom stereocenters. The van der Waals surface area contributed by atoms with E-state index in [-0.39, 0.29) is 5.82 Å². The van der Waals surface area contributed by atoms with Crippen molar-refractivity contribution in [1.29, 1.82) is 0 Å². The second-order valence-electron chi connectivity index (χ2n) is 5.49. The van der Waals surface area contributed by atoms with Gasteiger partial charge in [-0.2, -0.15) is 10.1 Å². The molecule has 0 aliphatic rings. The van der Waals surface area contributed by atoms with E-state index in [0.29, 0.717) is 24.9 Å². The van der Waals surface area contributed by atoms with E-state index in [9.17, 15) is 4.39 Å². The Labute approximate surface area is 140 Å². The molecular weight excluding hydrogens is 305 g/mol. The smallest absolute Gasteiger partial charge is 0.244 e. The Morgan fingerprint density at radius 3 is 2.54 bits per heavy atom. The van der Waals surface area contributed by atoms with Crippen LogP contribution >= 0.6 is 0 Å². The molecule has 122 valence electrons. The molecule has 3 rings (SSSR count). The Kier molecular flexibility index (Phi) is 4.96. The summed E-state index contributed by atoms with van der Waals surface area (Å²) in [6, 6.07) is 14.6. The second-order valence-corrected chi connectivity index (χ2v) is 5.49. The van der Waals surface area contributed by atoms with Crippen LogP contribution in [0.1, 0.15) is 16.7 Å². The van der Waals surface area contributed by atoms with Crippen LogP contribution in [0.25, 0.3) is 0 Å². The molecular formula is C18H18FN5. The largest absolute Gasteiger partial charge is 0.365 e. The SMILES string of the molecule is Cc1cccc(CNc2cnnc(NCc3ccc(F)cc3)n2)c1. The van der Waals surface area contributed by atoms with Gasteiger partial charge in [0.1, 0.15) is 5.82 Å². The van der Waals surface area contributed by atoms with Crippen LogP contribution < -0.4 is 10.6 Å². The molecule has 0 radical (unpaired) electrons. The monoisotopic (exact) mass is 323 g/mol. The van der Waals surface area contributed by atoms with E-state index in [0.717, 1.165) is 5.56 Å². The number of hydrogen-bond acceptors (Lipinski definition) is 5. The number of aromatic nitrogens is 3. The highest BCUT2D eigenvalue weighted by molar-refractivity contribution is 5.38. The van der Waals surface area contributed by atoms with Gasteiger partial charge in [0, 0.05) is 13.1 Å². The minimum atomic E-state index is -0.251. The summed E-state index contributed by atoms with van der Waals surface area (Å²) in [7, 11) is 0. The lowest BCUT2D eigenvalue weighted by molar-refractivity contribution is 0.627. The van der Waals surface area contributed by atoms with Crippen molar-refractivity contribution in [2.24, 2.45) is 0 Å². The van der Waals surface area contributed by atoms with Gasteiger partial charge in [0.25, 0.3) is 0 Å². The minimum absolute atomic E-state index is 0.251. The Bertz CT molecular complexity index is 805. The summed E-state index contributed by atoms with van der Waals surface area (Å²) in [5.41, 5.74) is 3.34. The van der Waals surface area contributed by atoms with E-state index in [1.807, 2.05) is 6.07 Å². The van der Waals surface area contributed by atoms with Gasteiger partial charge in [0.05, 0.1) is 6.20 Å². The molecule has 6 heteroatoms.